The fourth-order valence-corrected chi connectivity index (χ4v) is 4.58. The second-order valence-corrected chi connectivity index (χ2v) is 8.21. The van der Waals surface area contributed by atoms with Gasteiger partial charge in [0, 0.05) is 32.1 Å². The van der Waals surface area contributed by atoms with Crippen LogP contribution in [0.15, 0.2) is 48.7 Å². The van der Waals surface area contributed by atoms with Crippen molar-refractivity contribution in [2.24, 2.45) is 11.7 Å². The lowest BCUT2D eigenvalue weighted by Gasteiger charge is -2.27. The molecule has 2 fully saturated rings. The van der Waals surface area contributed by atoms with Crippen LogP contribution in [-0.4, -0.2) is 55.1 Å². The molecule has 1 aromatic carbocycles. The highest BCUT2D eigenvalue weighted by molar-refractivity contribution is 5.92. The Morgan fingerprint density at radius 3 is 2.42 bits per heavy atom. The van der Waals surface area contributed by atoms with Crippen LogP contribution in [0.4, 0.5) is 11.5 Å². The normalized spacial score (nSPS) is 21.1. The van der Waals surface area contributed by atoms with Crippen molar-refractivity contribution in [1.82, 2.24) is 9.88 Å². The number of rotatable bonds is 6. The fraction of sp³-hybridized carbons (Fsp3) is 0.478. The maximum absolute atomic E-state index is 12.6. The van der Waals surface area contributed by atoms with E-state index in [1.54, 1.807) is 6.20 Å². The van der Waals surface area contributed by atoms with Crippen molar-refractivity contribution in [1.29, 1.82) is 0 Å². The molecular weight excluding hydrogens is 433 g/mol. The highest BCUT2D eigenvalue weighted by Crippen LogP contribution is 2.31. The minimum atomic E-state index is 0. The average Bonchev–Trinajstić information content (AvgIpc) is 3.18. The number of benzene rings is 1. The number of amides is 1. The van der Waals surface area contributed by atoms with E-state index in [9.17, 15) is 4.79 Å². The third kappa shape index (κ3) is 6.56. The Bertz CT molecular complexity index is 799. The van der Waals surface area contributed by atoms with Crippen LogP contribution in [-0.2, 0) is 4.79 Å². The van der Waals surface area contributed by atoms with E-state index in [4.69, 9.17) is 5.73 Å². The van der Waals surface area contributed by atoms with Gasteiger partial charge >= 0.3 is 0 Å². The number of hydrogen-bond donors (Lipinski definition) is 2. The Morgan fingerprint density at radius 2 is 1.77 bits per heavy atom. The number of nitrogens with one attached hydrogen (secondary N) is 1. The van der Waals surface area contributed by atoms with Crippen LogP contribution >= 0.6 is 24.8 Å². The lowest BCUT2D eigenvalue weighted by molar-refractivity contribution is -0.117. The molecule has 0 bridgehead atoms. The lowest BCUT2D eigenvalue weighted by atomic mass is 9.89. The van der Waals surface area contributed by atoms with Gasteiger partial charge in [-0.25, -0.2) is 4.98 Å². The maximum atomic E-state index is 12.6. The minimum Gasteiger partial charge on any atom is -0.357 e. The predicted molar refractivity (Wildman–Crippen MR) is 132 cm³/mol. The Labute approximate surface area is 197 Å². The van der Waals surface area contributed by atoms with Gasteiger partial charge in [0.15, 0.2) is 0 Å². The number of hydrogen-bond acceptors (Lipinski definition) is 5. The molecule has 3 heterocycles. The van der Waals surface area contributed by atoms with Gasteiger partial charge in [0.2, 0.25) is 5.91 Å². The summed E-state index contributed by atoms with van der Waals surface area (Å²) >= 11 is 0. The van der Waals surface area contributed by atoms with E-state index in [0.29, 0.717) is 24.9 Å². The molecule has 1 amide bonds. The molecule has 2 saturated heterocycles. The molecule has 0 radical (unpaired) electrons. The summed E-state index contributed by atoms with van der Waals surface area (Å²) in [6, 6.07) is 14.4. The smallest absolute Gasteiger partial charge is 0.238 e. The number of carbonyl (C=O) groups is 1. The first-order chi connectivity index (χ1) is 14.2. The zero-order valence-electron chi connectivity index (χ0n) is 17.8. The molecule has 0 saturated carbocycles. The molecule has 8 heteroatoms. The zero-order chi connectivity index (χ0) is 20.1. The topological polar surface area (TPSA) is 74.5 Å². The Morgan fingerprint density at radius 1 is 1.03 bits per heavy atom. The van der Waals surface area contributed by atoms with Crippen molar-refractivity contribution in [3.8, 4) is 0 Å². The van der Waals surface area contributed by atoms with Crippen molar-refractivity contribution in [2.45, 2.75) is 25.2 Å². The lowest BCUT2D eigenvalue weighted by Crippen LogP contribution is -2.32. The Hall–Kier alpha value is -1.86. The third-order valence-corrected chi connectivity index (χ3v) is 6.13. The van der Waals surface area contributed by atoms with Gasteiger partial charge in [-0.1, -0.05) is 30.3 Å². The molecule has 0 spiro atoms. The molecular formula is C23H33Cl2N5O. The van der Waals surface area contributed by atoms with E-state index in [-0.39, 0.29) is 30.7 Å². The first kappa shape index (κ1) is 25.4. The van der Waals surface area contributed by atoms with Crippen LogP contribution in [0.1, 0.15) is 30.7 Å². The number of carbonyl (C=O) groups excluding carboxylic acids is 1. The van der Waals surface area contributed by atoms with Gasteiger partial charge in [0.05, 0.1) is 18.4 Å². The highest BCUT2D eigenvalue weighted by atomic mass is 35.5. The van der Waals surface area contributed by atoms with Gasteiger partial charge in [0.25, 0.3) is 0 Å². The summed E-state index contributed by atoms with van der Waals surface area (Å²) in [5, 5.41) is 2.99. The minimum absolute atomic E-state index is 0. The number of pyridine rings is 1. The highest BCUT2D eigenvalue weighted by Gasteiger charge is 2.33. The number of aromatic nitrogens is 1. The SMILES string of the molecule is Cl.Cl.NC[C@@H]1CN(CC(=O)Nc2ccc(N3CCCCC3)nc2)C[C@H]1c1ccccc1. The Kier molecular flexibility index (Phi) is 10.0. The summed E-state index contributed by atoms with van der Waals surface area (Å²) in [5.41, 5.74) is 8.08. The molecule has 2 aromatic rings. The van der Waals surface area contributed by atoms with Gasteiger partial charge in [-0.05, 0) is 49.4 Å². The molecule has 2 aliphatic heterocycles. The van der Waals surface area contributed by atoms with Crippen molar-refractivity contribution in [2.75, 3.05) is 49.5 Å². The summed E-state index contributed by atoms with van der Waals surface area (Å²) in [4.78, 5) is 21.6. The van der Waals surface area contributed by atoms with Gasteiger partial charge < -0.3 is 16.0 Å². The maximum Gasteiger partial charge on any atom is 0.238 e. The first-order valence-electron chi connectivity index (χ1n) is 10.7. The fourth-order valence-electron chi connectivity index (χ4n) is 4.58. The molecule has 2 aliphatic rings. The number of piperidine rings is 1. The number of anilines is 2. The molecule has 0 unspecified atom stereocenters. The summed E-state index contributed by atoms with van der Waals surface area (Å²) < 4.78 is 0. The van der Waals surface area contributed by atoms with E-state index in [2.05, 4.69) is 44.4 Å². The first-order valence-corrected chi connectivity index (χ1v) is 10.7. The van der Waals surface area contributed by atoms with Gasteiger partial charge in [-0.2, -0.15) is 0 Å². The second kappa shape index (κ2) is 12.2. The predicted octanol–water partition coefficient (Wildman–Crippen LogP) is 3.53. The summed E-state index contributed by atoms with van der Waals surface area (Å²) in [6.07, 6.45) is 5.52. The van der Waals surface area contributed by atoms with E-state index in [1.807, 2.05) is 18.2 Å². The summed E-state index contributed by atoms with van der Waals surface area (Å²) in [7, 11) is 0. The van der Waals surface area contributed by atoms with E-state index < -0.39 is 0 Å². The molecule has 6 nitrogen and oxygen atoms in total. The zero-order valence-corrected chi connectivity index (χ0v) is 19.4. The molecule has 0 aliphatic carbocycles. The third-order valence-electron chi connectivity index (χ3n) is 6.13. The monoisotopic (exact) mass is 465 g/mol. The van der Waals surface area contributed by atoms with Crippen LogP contribution < -0.4 is 16.0 Å². The van der Waals surface area contributed by atoms with Crippen LogP contribution in [0.2, 0.25) is 0 Å². The van der Waals surface area contributed by atoms with Crippen molar-refractivity contribution >= 4 is 42.2 Å². The summed E-state index contributed by atoms with van der Waals surface area (Å²) in [5.74, 6) is 1.77. The van der Waals surface area contributed by atoms with Crippen LogP contribution in [0.3, 0.4) is 0 Å². The number of nitrogens with two attached hydrogens (primary N) is 1. The number of halogens is 2. The van der Waals surface area contributed by atoms with Crippen LogP contribution in [0, 0.1) is 5.92 Å². The molecule has 4 rings (SSSR count). The summed E-state index contributed by atoms with van der Waals surface area (Å²) in [6.45, 7) is 4.88. The molecule has 31 heavy (non-hydrogen) atoms. The Balaban J connectivity index is 0.00000171. The van der Waals surface area contributed by atoms with E-state index >= 15 is 0 Å². The largest absolute Gasteiger partial charge is 0.357 e. The van der Waals surface area contributed by atoms with Crippen molar-refractivity contribution < 1.29 is 4.79 Å². The quantitative estimate of drug-likeness (QED) is 0.682. The molecule has 170 valence electrons. The van der Waals surface area contributed by atoms with E-state index in [1.165, 1.54) is 24.8 Å². The van der Waals surface area contributed by atoms with Crippen molar-refractivity contribution in [3.63, 3.8) is 0 Å². The number of likely N-dealkylation sites (tertiary alicyclic amines) is 1. The van der Waals surface area contributed by atoms with Gasteiger partial charge in [-0.15, -0.1) is 24.8 Å². The van der Waals surface area contributed by atoms with Gasteiger partial charge in [-0.3, -0.25) is 9.69 Å². The molecule has 2 atom stereocenters. The molecule has 3 N–H and O–H groups in total. The van der Waals surface area contributed by atoms with Crippen LogP contribution in [0.25, 0.3) is 0 Å². The average molecular weight is 466 g/mol. The van der Waals surface area contributed by atoms with E-state index in [0.717, 1.165) is 37.7 Å². The van der Waals surface area contributed by atoms with Crippen molar-refractivity contribution in [3.05, 3.63) is 54.2 Å². The molecule has 1 aromatic heterocycles. The standard InChI is InChI=1S/C23H31N5O.2ClH/c24-13-19-15-27(16-21(19)18-7-3-1-4-8-18)17-23(29)26-20-9-10-22(25-14-20)28-11-5-2-6-12-28;;/h1,3-4,7-10,14,19,21H,2,5-6,11-13,15-17,24H2,(H,26,29);2*1H/t19-,21+;;/m1../s1. The van der Waals surface area contributed by atoms with Crippen LogP contribution in [0.5, 0.6) is 0 Å². The second-order valence-electron chi connectivity index (χ2n) is 8.21. The number of nitrogens with zero attached hydrogens (tertiary/aromatic N) is 3. The van der Waals surface area contributed by atoms with Gasteiger partial charge in [0.1, 0.15) is 5.82 Å².